The number of hydrogen-bond acceptors (Lipinski definition) is 4. The second-order valence-corrected chi connectivity index (χ2v) is 4.05. The maximum atomic E-state index is 12.4. The van der Waals surface area contributed by atoms with Crippen molar-refractivity contribution in [2.75, 3.05) is 18.4 Å². The third-order valence-electron chi connectivity index (χ3n) is 2.57. The lowest BCUT2D eigenvalue weighted by Gasteiger charge is -2.11. The first-order valence-electron chi connectivity index (χ1n) is 5.44. The standard InChI is InChI=1S/C11H13F3N4/c12-11(13,14)8-2-1-3-10(18-8)17-6-7-4-9(15)16-5-7/h1-4,7,16H,5-6,15H2,(H,17,18)/t7-/m0/s1. The number of nitrogens with one attached hydrogen (secondary N) is 2. The van der Waals surface area contributed by atoms with E-state index in [0.29, 0.717) is 18.9 Å². The summed E-state index contributed by atoms with van der Waals surface area (Å²) in [5.41, 5.74) is 4.64. The Kier molecular flexibility index (Phi) is 3.31. The van der Waals surface area contributed by atoms with E-state index in [0.717, 1.165) is 6.07 Å². The summed E-state index contributed by atoms with van der Waals surface area (Å²) >= 11 is 0. The maximum absolute atomic E-state index is 12.4. The number of halogens is 3. The van der Waals surface area contributed by atoms with E-state index < -0.39 is 11.9 Å². The molecule has 0 unspecified atom stereocenters. The Balaban J connectivity index is 1.98. The fraction of sp³-hybridized carbons (Fsp3) is 0.364. The number of anilines is 1. The Morgan fingerprint density at radius 1 is 1.44 bits per heavy atom. The molecule has 0 aliphatic carbocycles. The molecule has 0 amide bonds. The molecule has 0 spiro atoms. The minimum atomic E-state index is -4.42. The fourth-order valence-electron chi connectivity index (χ4n) is 1.68. The molecule has 2 rings (SSSR count). The van der Waals surface area contributed by atoms with E-state index in [1.54, 1.807) is 0 Å². The molecule has 0 radical (unpaired) electrons. The quantitative estimate of drug-likeness (QED) is 0.769. The van der Waals surface area contributed by atoms with Gasteiger partial charge in [0.15, 0.2) is 0 Å². The fourth-order valence-corrected chi connectivity index (χ4v) is 1.68. The van der Waals surface area contributed by atoms with E-state index in [1.807, 2.05) is 6.08 Å². The van der Waals surface area contributed by atoms with Gasteiger partial charge in [-0.15, -0.1) is 0 Å². The Bertz CT molecular complexity index is 456. The number of pyridine rings is 1. The smallest absolute Gasteiger partial charge is 0.386 e. The van der Waals surface area contributed by atoms with Gasteiger partial charge < -0.3 is 16.4 Å². The van der Waals surface area contributed by atoms with Crippen LogP contribution >= 0.6 is 0 Å². The van der Waals surface area contributed by atoms with Gasteiger partial charge in [0.2, 0.25) is 0 Å². The Morgan fingerprint density at radius 3 is 2.83 bits per heavy atom. The summed E-state index contributed by atoms with van der Waals surface area (Å²) in [5.74, 6) is 0.962. The van der Waals surface area contributed by atoms with E-state index in [2.05, 4.69) is 15.6 Å². The van der Waals surface area contributed by atoms with Crippen molar-refractivity contribution in [2.24, 2.45) is 11.7 Å². The Morgan fingerprint density at radius 2 is 2.22 bits per heavy atom. The van der Waals surface area contributed by atoms with Gasteiger partial charge in [0.1, 0.15) is 11.5 Å². The summed E-state index contributed by atoms with van der Waals surface area (Å²) in [7, 11) is 0. The molecule has 1 aliphatic heterocycles. The minimum absolute atomic E-state index is 0.154. The molecule has 1 aliphatic rings. The number of rotatable bonds is 3. The first-order chi connectivity index (χ1) is 8.45. The molecular weight excluding hydrogens is 245 g/mol. The molecule has 0 bridgehead atoms. The van der Waals surface area contributed by atoms with Crippen molar-refractivity contribution in [3.8, 4) is 0 Å². The lowest BCUT2D eigenvalue weighted by molar-refractivity contribution is -0.141. The number of alkyl halides is 3. The lowest BCUT2D eigenvalue weighted by atomic mass is 10.1. The zero-order valence-corrected chi connectivity index (χ0v) is 9.46. The second kappa shape index (κ2) is 4.75. The van der Waals surface area contributed by atoms with Crippen molar-refractivity contribution < 1.29 is 13.2 Å². The van der Waals surface area contributed by atoms with Gasteiger partial charge in [-0.05, 0) is 18.2 Å². The largest absolute Gasteiger partial charge is 0.433 e. The van der Waals surface area contributed by atoms with Crippen LogP contribution in [0.5, 0.6) is 0 Å². The SMILES string of the molecule is NC1=C[C@H](CNc2cccc(C(F)(F)F)n2)CN1. The molecule has 0 fully saturated rings. The molecule has 0 aromatic carbocycles. The van der Waals surface area contributed by atoms with E-state index in [4.69, 9.17) is 5.73 Å². The minimum Gasteiger partial charge on any atom is -0.386 e. The molecule has 2 heterocycles. The lowest BCUT2D eigenvalue weighted by Crippen LogP contribution is -2.21. The van der Waals surface area contributed by atoms with Crippen molar-refractivity contribution >= 4 is 5.82 Å². The van der Waals surface area contributed by atoms with Gasteiger partial charge >= 0.3 is 6.18 Å². The predicted molar refractivity (Wildman–Crippen MR) is 61.5 cm³/mol. The molecular formula is C11H13F3N4. The van der Waals surface area contributed by atoms with Gasteiger partial charge in [0.25, 0.3) is 0 Å². The molecule has 4 nitrogen and oxygen atoms in total. The van der Waals surface area contributed by atoms with Gasteiger partial charge in [0, 0.05) is 19.0 Å². The maximum Gasteiger partial charge on any atom is 0.433 e. The van der Waals surface area contributed by atoms with Crippen LogP contribution < -0.4 is 16.4 Å². The number of nitrogens with zero attached hydrogens (tertiary/aromatic N) is 1. The normalized spacial score (nSPS) is 19.3. The zero-order chi connectivity index (χ0) is 13.2. The highest BCUT2D eigenvalue weighted by Gasteiger charge is 2.32. The van der Waals surface area contributed by atoms with Crippen molar-refractivity contribution in [3.05, 3.63) is 35.8 Å². The topological polar surface area (TPSA) is 63.0 Å². The molecule has 0 saturated heterocycles. The number of hydrogen-bond donors (Lipinski definition) is 3. The molecule has 1 aromatic heterocycles. The van der Waals surface area contributed by atoms with Crippen molar-refractivity contribution in [2.45, 2.75) is 6.18 Å². The van der Waals surface area contributed by atoms with Crippen LogP contribution in [0.1, 0.15) is 5.69 Å². The molecule has 98 valence electrons. The highest BCUT2D eigenvalue weighted by Crippen LogP contribution is 2.28. The summed E-state index contributed by atoms with van der Waals surface area (Å²) in [6.07, 6.45) is -2.59. The average molecular weight is 258 g/mol. The summed E-state index contributed by atoms with van der Waals surface area (Å²) < 4.78 is 37.3. The van der Waals surface area contributed by atoms with Crippen LogP contribution in [0.3, 0.4) is 0 Å². The zero-order valence-electron chi connectivity index (χ0n) is 9.46. The van der Waals surface area contributed by atoms with Crippen molar-refractivity contribution in [1.82, 2.24) is 10.3 Å². The van der Waals surface area contributed by atoms with Crippen LogP contribution in [0.25, 0.3) is 0 Å². The molecule has 1 aromatic rings. The van der Waals surface area contributed by atoms with E-state index >= 15 is 0 Å². The Labute approximate surface area is 102 Å². The van der Waals surface area contributed by atoms with Crippen molar-refractivity contribution in [1.29, 1.82) is 0 Å². The predicted octanol–water partition coefficient (Wildman–Crippen LogP) is 1.53. The summed E-state index contributed by atoms with van der Waals surface area (Å²) in [6.45, 7) is 1.17. The number of nitrogens with two attached hydrogens (primary N) is 1. The second-order valence-electron chi connectivity index (χ2n) is 4.05. The highest BCUT2D eigenvalue weighted by atomic mass is 19.4. The van der Waals surface area contributed by atoms with Crippen LogP contribution in [-0.4, -0.2) is 18.1 Å². The van der Waals surface area contributed by atoms with Crippen LogP contribution in [0.2, 0.25) is 0 Å². The van der Waals surface area contributed by atoms with E-state index in [1.165, 1.54) is 12.1 Å². The summed E-state index contributed by atoms with van der Waals surface area (Å²) in [6, 6.07) is 3.78. The van der Waals surface area contributed by atoms with Gasteiger partial charge in [-0.2, -0.15) is 13.2 Å². The molecule has 18 heavy (non-hydrogen) atoms. The van der Waals surface area contributed by atoms with E-state index in [-0.39, 0.29) is 11.7 Å². The monoisotopic (exact) mass is 258 g/mol. The van der Waals surface area contributed by atoms with E-state index in [9.17, 15) is 13.2 Å². The third-order valence-corrected chi connectivity index (χ3v) is 2.57. The van der Waals surface area contributed by atoms with Crippen molar-refractivity contribution in [3.63, 3.8) is 0 Å². The van der Waals surface area contributed by atoms with Crippen LogP contribution in [0.15, 0.2) is 30.1 Å². The van der Waals surface area contributed by atoms with Gasteiger partial charge in [-0.25, -0.2) is 4.98 Å². The molecule has 1 atom stereocenters. The van der Waals surface area contributed by atoms with Gasteiger partial charge in [-0.3, -0.25) is 0 Å². The van der Waals surface area contributed by atoms with Crippen LogP contribution in [0.4, 0.5) is 19.0 Å². The summed E-state index contributed by atoms with van der Waals surface area (Å²) in [4.78, 5) is 3.52. The van der Waals surface area contributed by atoms with Crippen LogP contribution in [-0.2, 0) is 6.18 Å². The molecule has 4 N–H and O–H groups in total. The molecule has 7 heteroatoms. The first-order valence-corrected chi connectivity index (χ1v) is 5.44. The van der Waals surface area contributed by atoms with Gasteiger partial charge in [-0.1, -0.05) is 6.07 Å². The van der Waals surface area contributed by atoms with Crippen LogP contribution in [0, 0.1) is 5.92 Å². The first kappa shape index (κ1) is 12.5. The average Bonchev–Trinajstić information content (AvgIpc) is 2.72. The van der Waals surface area contributed by atoms with Gasteiger partial charge in [0.05, 0.1) is 5.82 Å². The summed E-state index contributed by atoms with van der Waals surface area (Å²) in [5, 5.41) is 5.81. The Hall–Kier alpha value is -1.92. The number of aromatic nitrogens is 1. The molecule has 0 saturated carbocycles. The highest BCUT2D eigenvalue weighted by molar-refractivity contribution is 5.36. The third kappa shape index (κ3) is 3.06.